The van der Waals surface area contributed by atoms with E-state index >= 15 is 0 Å². The number of aromatic nitrogens is 2. The van der Waals surface area contributed by atoms with Crippen LogP contribution in [-0.2, 0) is 11.3 Å². The van der Waals surface area contributed by atoms with E-state index in [2.05, 4.69) is 32.4 Å². The lowest BCUT2D eigenvalue weighted by Gasteiger charge is -2.27. The van der Waals surface area contributed by atoms with Crippen molar-refractivity contribution in [1.29, 1.82) is 0 Å². The minimum Gasteiger partial charge on any atom is -0.357 e. The fraction of sp³-hybridized carbons (Fsp3) is 0.421. The molecule has 1 fully saturated rings. The van der Waals surface area contributed by atoms with Gasteiger partial charge in [-0.15, -0.1) is 0 Å². The lowest BCUT2D eigenvalue weighted by molar-refractivity contribution is -0.130. The van der Waals surface area contributed by atoms with Gasteiger partial charge >= 0.3 is 0 Å². The van der Waals surface area contributed by atoms with Crippen LogP contribution in [0.1, 0.15) is 25.3 Å². The van der Waals surface area contributed by atoms with Gasteiger partial charge in [-0.3, -0.25) is 4.79 Å². The summed E-state index contributed by atoms with van der Waals surface area (Å²) in [6, 6.07) is 11.7. The summed E-state index contributed by atoms with van der Waals surface area (Å²) in [4.78, 5) is 23.6. The van der Waals surface area contributed by atoms with Crippen molar-refractivity contribution in [3.05, 3.63) is 47.1 Å². The highest BCUT2D eigenvalue weighted by molar-refractivity contribution is 6.29. The number of anilines is 2. The Balaban J connectivity index is 1.70. The summed E-state index contributed by atoms with van der Waals surface area (Å²) < 4.78 is 0. The number of rotatable bonds is 6. The Bertz CT molecular complexity index is 770. The second kappa shape index (κ2) is 7.91. The maximum Gasteiger partial charge on any atom is 0.228 e. The number of carbonyl (C=O) groups excluding carboxylic acids is 1. The van der Waals surface area contributed by atoms with Crippen molar-refractivity contribution in [1.82, 2.24) is 15.3 Å². The zero-order valence-electron chi connectivity index (χ0n) is 15.1. The quantitative estimate of drug-likeness (QED) is 0.761. The van der Waals surface area contributed by atoms with E-state index < -0.39 is 5.41 Å². The molecule has 1 saturated heterocycles. The van der Waals surface area contributed by atoms with E-state index in [1.807, 2.05) is 30.3 Å². The molecule has 0 unspecified atom stereocenters. The summed E-state index contributed by atoms with van der Waals surface area (Å²) in [7, 11) is 1.76. The van der Waals surface area contributed by atoms with E-state index in [1.165, 1.54) is 0 Å². The van der Waals surface area contributed by atoms with E-state index in [9.17, 15) is 4.79 Å². The molecule has 1 amide bonds. The summed E-state index contributed by atoms with van der Waals surface area (Å²) in [6.45, 7) is 4.01. The lowest BCUT2D eigenvalue weighted by Crippen LogP contribution is -2.42. The standard InChI is InChI=1S/C19H24ClN5O/c1-3-19(17(26)22-12-14-7-5-4-6-8-14)9-10-25(13-19)16-11-15(20)23-18(21-2)24-16/h4-8,11H,3,9-10,12-13H2,1-2H3,(H,22,26)(H,21,23,24)/t19-/m1/s1. The zero-order chi connectivity index (χ0) is 18.6. The van der Waals surface area contributed by atoms with Crippen LogP contribution < -0.4 is 15.5 Å². The van der Waals surface area contributed by atoms with Crippen LogP contribution >= 0.6 is 11.6 Å². The van der Waals surface area contributed by atoms with Gasteiger partial charge < -0.3 is 15.5 Å². The Morgan fingerprint density at radius 3 is 2.77 bits per heavy atom. The minimum absolute atomic E-state index is 0.0975. The Morgan fingerprint density at radius 1 is 1.31 bits per heavy atom. The van der Waals surface area contributed by atoms with Crippen molar-refractivity contribution >= 4 is 29.3 Å². The highest BCUT2D eigenvalue weighted by Gasteiger charge is 2.43. The number of nitrogens with one attached hydrogen (secondary N) is 2. The van der Waals surface area contributed by atoms with Crippen LogP contribution in [0.15, 0.2) is 36.4 Å². The van der Waals surface area contributed by atoms with Crippen LogP contribution in [0, 0.1) is 5.41 Å². The van der Waals surface area contributed by atoms with Crippen LogP contribution in [0.3, 0.4) is 0 Å². The van der Waals surface area contributed by atoms with Crippen LogP contribution in [0.25, 0.3) is 0 Å². The molecule has 0 bridgehead atoms. The summed E-state index contributed by atoms with van der Waals surface area (Å²) in [5.74, 6) is 1.33. The molecular weight excluding hydrogens is 350 g/mol. The van der Waals surface area contributed by atoms with Gasteiger partial charge in [-0.25, -0.2) is 4.98 Å². The van der Waals surface area contributed by atoms with E-state index in [1.54, 1.807) is 13.1 Å². The SMILES string of the molecule is CC[C@@]1(C(=O)NCc2ccccc2)CCN(c2cc(Cl)nc(NC)n2)C1. The van der Waals surface area contributed by atoms with Crippen LogP contribution in [0.2, 0.25) is 5.15 Å². The molecule has 2 aromatic rings. The maximum atomic E-state index is 12.9. The molecule has 0 aliphatic carbocycles. The predicted octanol–water partition coefficient (Wildman–Crippen LogP) is 3.09. The lowest BCUT2D eigenvalue weighted by atomic mass is 9.83. The maximum absolute atomic E-state index is 12.9. The molecule has 0 saturated carbocycles. The van der Waals surface area contributed by atoms with Gasteiger partial charge in [0.1, 0.15) is 11.0 Å². The topological polar surface area (TPSA) is 70.2 Å². The normalized spacial score (nSPS) is 19.4. The first-order valence-corrected chi connectivity index (χ1v) is 9.23. The highest BCUT2D eigenvalue weighted by atomic mass is 35.5. The minimum atomic E-state index is -0.411. The Hall–Kier alpha value is -2.34. The summed E-state index contributed by atoms with van der Waals surface area (Å²) >= 11 is 6.10. The number of hydrogen-bond acceptors (Lipinski definition) is 5. The number of nitrogens with zero attached hydrogens (tertiary/aromatic N) is 3. The van der Waals surface area contributed by atoms with Crippen molar-refractivity contribution < 1.29 is 4.79 Å². The van der Waals surface area contributed by atoms with Gasteiger partial charge in [0.15, 0.2) is 0 Å². The van der Waals surface area contributed by atoms with Crippen LogP contribution in [0.5, 0.6) is 0 Å². The van der Waals surface area contributed by atoms with Gasteiger partial charge in [0.25, 0.3) is 0 Å². The third kappa shape index (κ3) is 3.90. The molecule has 1 atom stereocenters. The molecule has 1 aromatic heterocycles. The molecule has 138 valence electrons. The van der Waals surface area contributed by atoms with Gasteiger partial charge in [-0.05, 0) is 18.4 Å². The van der Waals surface area contributed by atoms with E-state index in [0.717, 1.165) is 30.8 Å². The van der Waals surface area contributed by atoms with E-state index in [4.69, 9.17) is 11.6 Å². The summed E-state index contributed by atoms with van der Waals surface area (Å²) in [6.07, 6.45) is 1.57. The molecule has 2 N–H and O–H groups in total. The Labute approximate surface area is 159 Å². The predicted molar refractivity (Wildman–Crippen MR) is 104 cm³/mol. The molecule has 1 aliphatic heterocycles. The van der Waals surface area contributed by atoms with Crippen molar-refractivity contribution in [2.45, 2.75) is 26.3 Å². The molecule has 1 aliphatic rings. The van der Waals surface area contributed by atoms with Crippen molar-refractivity contribution in [3.8, 4) is 0 Å². The summed E-state index contributed by atoms with van der Waals surface area (Å²) in [5, 5.41) is 6.41. The van der Waals surface area contributed by atoms with Crippen molar-refractivity contribution in [3.63, 3.8) is 0 Å². The number of amides is 1. The number of halogens is 1. The average Bonchev–Trinajstić information content (AvgIpc) is 3.12. The molecular formula is C19H24ClN5O. The monoisotopic (exact) mass is 373 g/mol. The van der Waals surface area contributed by atoms with E-state index in [-0.39, 0.29) is 5.91 Å². The fourth-order valence-corrected chi connectivity index (χ4v) is 3.53. The third-order valence-corrected chi connectivity index (χ3v) is 5.23. The van der Waals surface area contributed by atoms with E-state index in [0.29, 0.717) is 24.2 Å². The number of benzene rings is 1. The second-order valence-electron chi connectivity index (χ2n) is 6.60. The molecule has 26 heavy (non-hydrogen) atoms. The molecule has 2 heterocycles. The molecule has 3 rings (SSSR count). The van der Waals surface area contributed by atoms with Gasteiger partial charge in [0.05, 0.1) is 5.41 Å². The van der Waals surface area contributed by atoms with Crippen LogP contribution in [-0.4, -0.2) is 36.0 Å². The molecule has 1 aromatic carbocycles. The van der Waals surface area contributed by atoms with Crippen LogP contribution in [0.4, 0.5) is 11.8 Å². The molecule has 0 radical (unpaired) electrons. The third-order valence-electron chi connectivity index (χ3n) is 5.04. The van der Waals surface area contributed by atoms with Crippen molar-refractivity contribution in [2.75, 3.05) is 30.4 Å². The van der Waals surface area contributed by atoms with Gasteiger partial charge in [0.2, 0.25) is 11.9 Å². The van der Waals surface area contributed by atoms with Crippen molar-refractivity contribution in [2.24, 2.45) is 5.41 Å². The zero-order valence-corrected chi connectivity index (χ0v) is 15.9. The molecule has 7 heteroatoms. The molecule has 6 nitrogen and oxygen atoms in total. The second-order valence-corrected chi connectivity index (χ2v) is 6.98. The van der Waals surface area contributed by atoms with Gasteiger partial charge in [-0.1, -0.05) is 48.9 Å². The Kier molecular flexibility index (Phi) is 5.61. The van der Waals surface area contributed by atoms with Gasteiger partial charge in [0, 0.05) is 32.7 Å². The number of carbonyl (C=O) groups is 1. The smallest absolute Gasteiger partial charge is 0.228 e. The largest absolute Gasteiger partial charge is 0.357 e. The Morgan fingerprint density at radius 2 is 2.08 bits per heavy atom. The highest BCUT2D eigenvalue weighted by Crippen LogP contribution is 2.36. The summed E-state index contributed by atoms with van der Waals surface area (Å²) in [5.41, 5.74) is 0.689. The fourth-order valence-electron chi connectivity index (χ4n) is 3.35. The van der Waals surface area contributed by atoms with Gasteiger partial charge in [-0.2, -0.15) is 4.98 Å². The number of hydrogen-bond donors (Lipinski definition) is 2. The average molecular weight is 374 g/mol. The first-order chi connectivity index (χ1) is 12.6. The first kappa shape index (κ1) is 18.5. The first-order valence-electron chi connectivity index (χ1n) is 8.86. The molecule has 0 spiro atoms.